The molecule has 0 aliphatic rings. The summed E-state index contributed by atoms with van der Waals surface area (Å²) in [6, 6.07) is 20.3. The first-order valence-corrected chi connectivity index (χ1v) is 13.7. The number of aliphatic imine (C=N–C) groups is 1. The Hall–Kier alpha value is -4.37. The van der Waals surface area contributed by atoms with Gasteiger partial charge in [-0.2, -0.15) is 0 Å². The minimum atomic E-state index is -4.91. The van der Waals surface area contributed by atoms with E-state index in [9.17, 15) is 31.0 Å². The van der Waals surface area contributed by atoms with Crippen LogP contribution >= 0.6 is 0 Å². The standard InChI is InChI=1S/C25H21N3O9S2/c29-24(15-18-6-10-20(11-7-18)36-38(30,31)32)28-25-22(14-17-4-2-1-3-5-17)27-23(16-26-25)19-8-12-21(13-9-19)37-39(33,34)35/h1-13,16H,14-15H2,(H,26,28,29)(H,30,31,32)(H,33,34,35)/p-3. The van der Waals surface area contributed by atoms with E-state index in [1.165, 1.54) is 54.7 Å². The molecule has 39 heavy (non-hydrogen) atoms. The van der Waals surface area contributed by atoms with Crippen LogP contribution < -0.4 is 13.5 Å². The van der Waals surface area contributed by atoms with E-state index in [1.54, 1.807) is 0 Å². The molecule has 0 bridgehead atoms. The molecule has 0 N–H and O–H groups in total. The number of hydrogen-bond acceptors (Lipinski definition) is 12. The highest BCUT2D eigenvalue weighted by Crippen LogP contribution is 2.26. The van der Waals surface area contributed by atoms with Gasteiger partial charge in [-0.1, -0.05) is 42.5 Å². The Kier molecular flexibility index (Phi) is 8.21. The minimum Gasteiger partial charge on any atom is -0.861 e. The lowest BCUT2D eigenvalue weighted by molar-refractivity contribution is -0.217. The summed E-state index contributed by atoms with van der Waals surface area (Å²) in [6.45, 7) is 0. The van der Waals surface area contributed by atoms with Crippen molar-refractivity contribution in [1.82, 2.24) is 9.97 Å². The summed E-state index contributed by atoms with van der Waals surface area (Å²) in [5.41, 5.74) is 2.75. The van der Waals surface area contributed by atoms with Crippen molar-refractivity contribution in [1.29, 1.82) is 0 Å². The number of hydrogen-bond donors (Lipinski definition) is 0. The van der Waals surface area contributed by atoms with Crippen molar-refractivity contribution in [2.45, 2.75) is 12.8 Å². The van der Waals surface area contributed by atoms with Crippen LogP contribution in [0.25, 0.3) is 11.3 Å². The van der Waals surface area contributed by atoms with Gasteiger partial charge < -0.3 is 22.6 Å². The van der Waals surface area contributed by atoms with Crippen LogP contribution in [0.3, 0.4) is 0 Å². The van der Waals surface area contributed by atoms with Crippen LogP contribution in [0.5, 0.6) is 11.5 Å². The zero-order valence-electron chi connectivity index (χ0n) is 19.8. The molecular weight excluding hydrogens is 550 g/mol. The number of benzene rings is 3. The van der Waals surface area contributed by atoms with Gasteiger partial charge in [0.25, 0.3) is 20.8 Å². The van der Waals surface area contributed by atoms with Crippen molar-refractivity contribution in [2.75, 3.05) is 0 Å². The Balaban J connectivity index is 1.60. The van der Waals surface area contributed by atoms with E-state index in [1.807, 2.05) is 30.3 Å². The van der Waals surface area contributed by atoms with Gasteiger partial charge in [0.1, 0.15) is 11.5 Å². The zero-order valence-corrected chi connectivity index (χ0v) is 21.5. The Bertz CT molecular complexity index is 1690. The normalized spacial score (nSPS) is 12.2. The molecule has 4 rings (SSSR count). The second kappa shape index (κ2) is 11.6. The third-order valence-corrected chi connectivity index (χ3v) is 5.89. The molecule has 14 heteroatoms. The molecule has 4 aromatic rings. The van der Waals surface area contributed by atoms with Gasteiger partial charge >= 0.3 is 0 Å². The molecule has 0 amide bonds. The molecule has 0 unspecified atom stereocenters. The van der Waals surface area contributed by atoms with E-state index >= 15 is 0 Å². The van der Waals surface area contributed by atoms with Crippen LogP contribution in [0.2, 0.25) is 0 Å². The van der Waals surface area contributed by atoms with Crippen LogP contribution in [0.1, 0.15) is 16.8 Å². The van der Waals surface area contributed by atoms with E-state index < -0.39 is 26.7 Å². The smallest absolute Gasteiger partial charge is 0.262 e. The first kappa shape index (κ1) is 27.7. The van der Waals surface area contributed by atoms with Crippen molar-refractivity contribution < 1.29 is 39.4 Å². The third-order valence-electron chi connectivity index (χ3n) is 5.09. The lowest BCUT2D eigenvalue weighted by Gasteiger charge is -2.14. The highest BCUT2D eigenvalue weighted by Gasteiger charge is 2.11. The van der Waals surface area contributed by atoms with Crippen LogP contribution in [0.4, 0.5) is 5.82 Å². The predicted octanol–water partition coefficient (Wildman–Crippen LogP) is 2.05. The fraction of sp³-hybridized carbons (Fsp3) is 0.0800. The summed E-state index contributed by atoms with van der Waals surface area (Å²) in [6.07, 6.45) is 1.57. The Labute approximate surface area is 224 Å². The van der Waals surface area contributed by atoms with Gasteiger partial charge in [0.15, 0.2) is 5.82 Å². The second-order valence-electron chi connectivity index (χ2n) is 8.02. The van der Waals surface area contributed by atoms with Crippen molar-refractivity contribution in [3.63, 3.8) is 0 Å². The van der Waals surface area contributed by atoms with Gasteiger partial charge in [0.2, 0.25) is 0 Å². The summed E-state index contributed by atoms with van der Waals surface area (Å²) in [5.74, 6) is -0.782. The van der Waals surface area contributed by atoms with Crippen molar-refractivity contribution in [3.8, 4) is 22.8 Å². The fourth-order valence-electron chi connectivity index (χ4n) is 3.47. The molecule has 0 radical (unpaired) electrons. The lowest BCUT2D eigenvalue weighted by atomic mass is 10.1. The van der Waals surface area contributed by atoms with Crippen molar-refractivity contribution in [3.05, 3.63) is 102 Å². The van der Waals surface area contributed by atoms with Gasteiger partial charge in [-0.3, -0.25) is 0 Å². The van der Waals surface area contributed by atoms with Crippen LogP contribution in [0.15, 0.2) is 90.1 Å². The maximum absolute atomic E-state index is 12.7. The highest BCUT2D eigenvalue weighted by molar-refractivity contribution is 7.81. The molecule has 1 heterocycles. The quantitative estimate of drug-likeness (QED) is 0.118. The van der Waals surface area contributed by atoms with Gasteiger partial charge in [0.05, 0.1) is 17.6 Å². The third kappa shape index (κ3) is 8.58. The summed E-state index contributed by atoms with van der Waals surface area (Å²) in [7, 11) is -9.82. The van der Waals surface area contributed by atoms with E-state index in [-0.39, 0.29) is 23.7 Å². The molecule has 0 fully saturated rings. The molecule has 0 atom stereocenters. The Morgan fingerprint density at radius 1 is 0.769 bits per heavy atom. The van der Waals surface area contributed by atoms with Crippen molar-refractivity contribution in [2.24, 2.45) is 4.99 Å². The van der Waals surface area contributed by atoms with Gasteiger partial charge in [0, 0.05) is 18.4 Å². The first-order chi connectivity index (χ1) is 18.4. The van der Waals surface area contributed by atoms with E-state index in [0.717, 1.165) is 5.56 Å². The molecular formula is C25H18N3O9S2-3. The molecule has 0 aliphatic heterocycles. The number of aromatic nitrogens is 2. The van der Waals surface area contributed by atoms with E-state index in [2.05, 4.69) is 23.3 Å². The molecule has 12 nitrogen and oxygen atoms in total. The topological polar surface area (TPSA) is 194 Å². The first-order valence-electron chi connectivity index (χ1n) is 11.1. The summed E-state index contributed by atoms with van der Waals surface area (Å²) in [4.78, 5) is 13.0. The molecule has 0 spiro atoms. The maximum atomic E-state index is 12.7. The Morgan fingerprint density at radius 2 is 1.33 bits per heavy atom. The largest absolute Gasteiger partial charge is 0.861 e. The minimum absolute atomic E-state index is 0.0995. The van der Waals surface area contributed by atoms with Gasteiger partial charge in [-0.15, -0.1) is 0 Å². The summed E-state index contributed by atoms with van der Waals surface area (Å²) >= 11 is 0. The Morgan fingerprint density at radius 3 is 1.90 bits per heavy atom. The highest BCUT2D eigenvalue weighted by atomic mass is 32.3. The average molecular weight is 569 g/mol. The van der Waals surface area contributed by atoms with Crippen LogP contribution in [0, 0.1) is 0 Å². The number of nitrogens with zero attached hydrogens (tertiary/aromatic N) is 3. The molecule has 202 valence electrons. The summed E-state index contributed by atoms with van der Waals surface area (Å²) < 4.78 is 73.1. The molecule has 1 aromatic heterocycles. The SMILES string of the molecule is O=S(=O)([O-])Oc1ccc(CC([O-])=Nc2ncc(-c3ccc(OS(=O)(=O)[O-])cc3)nc2Cc2ccccc2)cc1. The van der Waals surface area contributed by atoms with Crippen molar-refractivity contribution >= 4 is 32.5 Å². The number of rotatable bonds is 10. The molecule has 0 saturated heterocycles. The zero-order chi connectivity index (χ0) is 28.0. The summed E-state index contributed by atoms with van der Waals surface area (Å²) in [5, 5.41) is 12.7. The molecule has 0 saturated carbocycles. The van der Waals surface area contributed by atoms with E-state index in [4.69, 9.17) is 0 Å². The fourth-order valence-corrected chi connectivity index (χ4v) is 4.17. The molecule has 3 aromatic carbocycles. The maximum Gasteiger partial charge on any atom is 0.262 e. The second-order valence-corrected chi connectivity index (χ2v) is 9.99. The van der Waals surface area contributed by atoms with Gasteiger partial charge in [-0.05, 0) is 53.4 Å². The predicted molar refractivity (Wildman–Crippen MR) is 135 cm³/mol. The van der Waals surface area contributed by atoms with E-state index in [0.29, 0.717) is 28.9 Å². The average Bonchev–Trinajstić information content (AvgIpc) is 2.86. The molecule has 0 aliphatic carbocycles. The lowest BCUT2D eigenvalue weighted by Crippen LogP contribution is -2.20. The monoisotopic (exact) mass is 568 g/mol. The van der Waals surface area contributed by atoms with Crippen LogP contribution in [-0.4, -0.2) is 41.8 Å². The van der Waals surface area contributed by atoms with Gasteiger partial charge in [-0.25, -0.2) is 31.8 Å². The van der Waals surface area contributed by atoms with Crippen LogP contribution in [-0.2, 0) is 33.6 Å².